The molecule has 1 aliphatic rings. The number of aryl methyl sites for hydroxylation is 2. The van der Waals surface area contributed by atoms with Crippen LogP contribution in [0.4, 0.5) is 5.82 Å². The fourth-order valence-electron chi connectivity index (χ4n) is 2.92. The predicted octanol–water partition coefficient (Wildman–Crippen LogP) is 3.34. The highest BCUT2D eigenvalue weighted by Gasteiger charge is 2.22. The maximum atomic E-state index is 4.67. The van der Waals surface area contributed by atoms with Gasteiger partial charge in [-0.2, -0.15) is 0 Å². The maximum Gasteiger partial charge on any atom is 0.126 e. The number of likely N-dealkylation sites (tertiary alicyclic amines) is 1. The molecule has 118 valence electrons. The summed E-state index contributed by atoms with van der Waals surface area (Å²) >= 11 is 1.78. The molecule has 0 aromatic carbocycles. The van der Waals surface area contributed by atoms with Crippen molar-refractivity contribution in [3.8, 4) is 0 Å². The Labute approximate surface area is 136 Å². The number of aromatic nitrogens is 2. The molecule has 0 amide bonds. The molecule has 0 spiro atoms. The van der Waals surface area contributed by atoms with Crippen LogP contribution in [-0.2, 0) is 13.0 Å². The first-order valence-corrected chi connectivity index (χ1v) is 8.93. The summed E-state index contributed by atoms with van der Waals surface area (Å²) in [5, 5.41) is 6.93. The molecule has 5 heteroatoms. The highest BCUT2D eigenvalue weighted by atomic mass is 32.1. The number of nitrogens with zero attached hydrogens (tertiary/aromatic N) is 3. The average molecular weight is 316 g/mol. The molecule has 0 saturated carbocycles. The Hall–Kier alpha value is -1.46. The lowest BCUT2D eigenvalue weighted by Gasteiger charge is -2.15. The van der Waals surface area contributed by atoms with Gasteiger partial charge in [-0.1, -0.05) is 6.92 Å². The van der Waals surface area contributed by atoms with Crippen molar-refractivity contribution in [3.63, 3.8) is 0 Å². The van der Waals surface area contributed by atoms with E-state index in [1.54, 1.807) is 11.3 Å². The second-order valence-corrected chi connectivity index (χ2v) is 7.02. The van der Waals surface area contributed by atoms with Crippen LogP contribution >= 0.6 is 11.3 Å². The van der Waals surface area contributed by atoms with E-state index in [1.165, 1.54) is 29.2 Å². The van der Waals surface area contributed by atoms with Gasteiger partial charge < -0.3 is 5.32 Å². The monoisotopic (exact) mass is 316 g/mol. The zero-order valence-corrected chi connectivity index (χ0v) is 14.2. The van der Waals surface area contributed by atoms with E-state index in [4.69, 9.17) is 0 Å². The van der Waals surface area contributed by atoms with Crippen molar-refractivity contribution >= 4 is 17.2 Å². The molecule has 2 aromatic heterocycles. The van der Waals surface area contributed by atoms with Crippen LogP contribution in [0, 0.1) is 12.8 Å². The molecule has 3 heterocycles. The van der Waals surface area contributed by atoms with E-state index in [0.717, 1.165) is 31.9 Å². The topological polar surface area (TPSA) is 41.1 Å². The Balaban J connectivity index is 1.46. The third-order valence-corrected chi connectivity index (χ3v) is 5.19. The highest BCUT2D eigenvalue weighted by Crippen LogP contribution is 2.20. The van der Waals surface area contributed by atoms with Gasteiger partial charge in [0.1, 0.15) is 5.82 Å². The molecule has 3 rings (SSSR count). The molecule has 1 N–H and O–H groups in total. The fraction of sp³-hybridized carbons (Fsp3) is 0.529. The van der Waals surface area contributed by atoms with Crippen LogP contribution in [0.25, 0.3) is 0 Å². The molecule has 1 saturated heterocycles. The minimum absolute atomic E-state index is 0.701. The summed E-state index contributed by atoms with van der Waals surface area (Å²) in [7, 11) is 0. The zero-order chi connectivity index (χ0) is 15.4. The predicted molar refractivity (Wildman–Crippen MR) is 92.3 cm³/mol. The lowest BCUT2D eigenvalue weighted by molar-refractivity contribution is 0.315. The van der Waals surface area contributed by atoms with Crippen molar-refractivity contribution in [2.24, 2.45) is 5.92 Å². The summed E-state index contributed by atoms with van der Waals surface area (Å²) in [5.74, 6) is 1.69. The molecule has 0 radical (unpaired) electrons. The Morgan fingerprint density at radius 1 is 1.45 bits per heavy atom. The van der Waals surface area contributed by atoms with Crippen LogP contribution in [0.5, 0.6) is 0 Å². The summed E-state index contributed by atoms with van der Waals surface area (Å²) in [6.45, 7) is 8.59. The smallest absolute Gasteiger partial charge is 0.126 e. The normalized spacial score (nSPS) is 18.7. The largest absolute Gasteiger partial charge is 0.370 e. The number of hydrogen-bond acceptors (Lipinski definition) is 5. The minimum Gasteiger partial charge on any atom is -0.370 e. The molecule has 0 bridgehead atoms. The van der Waals surface area contributed by atoms with Gasteiger partial charge in [0, 0.05) is 31.2 Å². The molecule has 0 unspecified atom stereocenters. The first-order valence-electron chi connectivity index (χ1n) is 8.05. The van der Waals surface area contributed by atoms with Crippen molar-refractivity contribution in [1.82, 2.24) is 14.9 Å². The average Bonchev–Trinajstić information content (AvgIpc) is 3.15. The van der Waals surface area contributed by atoms with E-state index < -0.39 is 0 Å². The SMILES string of the molecule is CCc1nc(CN2CC[C@@H](CNc3cc(C)ccn3)C2)cs1. The molecule has 2 aromatic rings. The van der Waals surface area contributed by atoms with Gasteiger partial charge >= 0.3 is 0 Å². The number of hydrogen-bond donors (Lipinski definition) is 1. The standard InChI is InChI=1S/C17H24N4S/c1-3-17-20-15(12-22-17)11-21-7-5-14(10-21)9-19-16-8-13(2)4-6-18-16/h4,6,8,12,14H,3,5,7,9-11H2,1-2H3,(H,18,19)/t14-/m0/s1. The molecular formula is C17H24N4S. The van der Waals surface area contributed by atoms with Crippen LogP contribution in [0.2, 0.25) is 0 Å². The lowest BCUT2D eigenvalue weighted by Crippen LogP contribution is -2.23. The molecule has 1 aliphatic heterocycles. The summed E-state index contributed by atoms with van der Waals surface area (Å²) in [6, 6.07) is 4.13. The zero-order valence-electron chi connectivity index (χ0n) is 13.4. The van der Waals surface area contributed by atoms with Crippen molar-refractivity contribution in [2.75, 3.05) is 25.0 Å². The van der Waals surface area contributed by atoms with Crippen molar-refractivity contribution < 1.29 is 0 Å². The van der Waals surface area contributed by atoms with Gasteiger partial charge in [0.25, 0.3) is 0 Å². The van der Waals surface area contributed by atoms with Crippen LogP contribution in [0.1, 0.15) is 29.6 Å². The molecule has 0 aliphatic carbocycles. The van der Waals surface area contributed by atoms with E-state index in [1.807, 2.05) is 12.3 Å². The van der Waals surface area contributed by atoms with Crippen molar-refractivity contribution in [3.05, 3.63) is 40.0 Å². The van der Waals surface area contributed by atoms with E-state index in [9.17, 15) is 0 Å². The van der Waals surface area contributed by atoms with Gasteiger partial charge in [-0.25, -0.2) is 9.97 Å². The van der Waals surface area contributed by atoms with E-state index in [-0.39, 0.29) is 0 Å². The molecule has 1 fully saturated rings. The molecular weight excluding hydrogens is 292 g/mol. The number of rotatable bonds is 6. The lowest BCUT2D eigenvalue weighted by atomic mass is 10.1. The van der Waals surface area contributed by atoms with Crippen molar-refractivity contribution in [1.29, 1.82) is 0 Å². The third-order valence-electron chi connectivity index (χ3n) is 4.14. The van der Waals surface area contributed by atoms with Gasteiger partial charge in [-0.15, -0.1) is 11.3 Å². The Morgan fingerprint density at radius 2 is 2.36 bits per heavy atom. The molecule has 4 nitrogen and oxygen atoms in total. The summed E-state index contributed by atoms with van der Waals surface area (Å²) in [4.78, 5) is 11.6. The van der Waals surface area contributed by atoms with Crippen LogP contribution in [-0.4, -0.2) is 34.5 Å². The summed E-state index contributed by atoms with van der Waals surface area (Å²) in [6.07, 6.45) is 4.16. The Morgan fingerprint density at radius 3 is 3.14 bits per heavy atom. The quantitative estimate of drug-likeness (QED) is 0.887. The third kappa shape index (κ3) is 4.05. The highest BCUT2D eigenvalue weighted by molar-refractivity contribution is 7.09. The minimum atomic E-state index is 0.701. The van der Waals surface area contributed by atoms with Crippen LogP contribution in [0.15, 0.2) is 23.7 Å². The molecule has 1 atom stereocenters. The molecule has 22 heavy (non-hydrogen) atoms. The van der Waals surface area contributed by atoms with Gasteiger partial charge in [0.2, 0.25) is 0 Å². The first-order chi connectivity index (χ1) is 10.7. The van der Waals surface area contributed by atoms with Crippen LogP contribution in [0.3, 0.4) is 0 Å². The summed E-state index contributed by atoms with van der Waals surface area (Å²) in [5.41, 5.74) is 2.48. The Kier molecular flexibility index (Phi) is 5.05. The van der Waals surface area contributed by atoms with Crippen molar-refractivity contribution in [2.45, 2.75) is 33.2 Å². The number of thiazole rings is 1. The second kappa shape index (κ2) is 7.20. The van der Waals surface area contributed by atoms with Gasteiger partial charge in [-0.3, -0.25) is 4.90 Å². The number of anilines is 1. The first kappa shape index (κ1) is 15.4. The van der Waals surface area contributed by atoms with Gasteiger partial charge in [-0.05, 0) is 49.9 Å². The number of nitrogens with one attached hydrogen (secondary N) is 1. The fourth-order valence-corrected chi connectivity index (χ4v) is 3.65. The maximum absolute atomic E-state index is 4.67. The van der Waals surface area contributed by atoms with E-state index in [0.29, 0.717) is 5.92 Å². The van der Waals surface area contributed by atoms with E-state index >= 15 is 0 Å². The van der Waals surface area contributed by atoms with Gasteiger partial charge in [0.05, 0.1) is 10.7 Å². The second-order valence-electron chi connectivity index (χ2n) is 6.08. The number of pyridine rings is 1. The Bertz CT molecular complexity index is 610. The van der Waals surface area contributed by atoms with Gasteiger partial charge in [0.15, 0.2) is 0 Å². The van der Waals surface area contributed by atoms with E-state index in [2.05, 4.69) is 45.5 Å². The van der Waals surface area contributed by atoms with Crippen LogP contribution < -0.4 is 5.32 Å². The summed E-state index contributed by atoms with van der Waals surface area (Å²) < 4.78 is 0.